The Morgan fingerprint density at radius 2 is 1.95 bits per heavy atom. The molecule has 0 aliphatic heterocycles. The molecule has 1 heterocycles. The minimum Gasteiger partial charge on any atom is -0.466 e. The SMILES string of the molecule is CCCNC(c1occc1Br)C(C)(C)N(CC)CC. The Hall–Kier alpha value is -0.320. The molecule has 1 unspecified atom stereocenters. The van der Waals surface area contributed by atoms with Crippen molar-refractivity contribution in [2.75, 3.05) is 19.6 Å². The van der Waals surface area contributed by atoms with Gasteiger partial charge in [-0.25, -0.2) is 0 Å². The maximum Gasteiger partial charge on any atom is 0.136 e. The Balaban J connectivity index is 3.05. The quantitative estimate of drug-likeness (QED) is 0.774. The van der Waals surface area contributed by atoms with Crippen molar-refractivity contribution in [2.45, 2.75) is 52.6 Å². The van der Waals surface area contributed by atoms with Crippen molar-refractivity contribution < 1.29 is 4.42 Å². The summed E-state index contributed by atoms with van der Waals surface area (Å²) in [6, 6.07) is 2.14. The summed E-state index contributed by atoms with van der Waals surface area (Å²) in [6.45, 7) is 14.2. The summed E-state index contributed by atoms with van der Waals surface area (Å²) in [4.78, 5) is 2.47. The highest BCUT2D eigenvalue weighted by Gasteiger charge is 2.37. The fourth-order valence-electron chi connectivity index (χ4n) is 2.68. The lowest BCUT2D eigenvalue weighted by Crippen LogP contribution is -2.52. The number of nitrogens with one attached hydrogen (secondary N) is 1. The zero-order valence-corrected chi connectivity index (χ0v) is 14.4. The highest BCUT2D eigenvalue weighted by Crippen LogP contribution is 2.35. The van der Waals surface area contributed by atoms with Crippen LogP contribution < -0.4 is 5.32 Å². The van der Waals surface area contributed by atoms with E-state index < -0.39 is 0 Å². The van der Waals surface area contributed by atoms with Crippen molar-refractivity contribution in [2.24, 2.45) is 0 Å². The maximum absolute atomic E-state index is 5.71. The van der Waals surface area contributed by atoms with E-state index in [4.69, 9.17) is 4.42 Å². The van der Waals surface area contributed by atoms with Gasteiger partial charge < -0.3 is 9.73 Å². The van der Waals surface area contributed by atoms with Crippen molar-refractivity contribution in [1.29, 1.82) is 0 Å². The predicted molar refractivity (Wildman–Crippen MR) is 84.4 cm³/mol. The van der Waals surface area contributed by atoms with Crippen LogP contribution >= 0.6 is 15.9 Å². The van der Waals surface area contributed by atoms with Crippen LogP contribution in [0.3, 0.4) is 0 Å². The van der Waals surface area contributed by atoms with Crippen LogP contribution in [0, 0.1) is 0 Å². The van der Waals surface area contributed by atoms with E-state index in [0.717, 1.165) is 36.3 Å². The average molecular weight is 331 g/mol. The second kappa shape index (κ2) is 7.46. The van der Waals surface area contributed by atoms with Gasteiger partial charge in [0.1, 0.15) is 5.76 Å². The lowest BCUT2D eigenvalue weighted by molar-refractivity contribution is 0.0815. The van der Waals surface area contributed by atoms with Gasteiger partial charge in [-0.3, -0.25) is 4.90 Å². The highest BCUT2D eigenvalue weighted by molar-refractivity contribution is 9.10. The molecule has 0 spiro atoms. The third-order valence-corrected chi connectivity index (χ3v) is 4.45. The zero-order chi connectivity index (χ0) is 14.5. The van der Waals surface area contributed by atoms with Crippen molar-refractivity contribution in [3.8, 4) is 0 Å². The third-order valence-electron chi connectivity index (χ3n) is 3.79. The lowest BCUT2D eigenvalue weighted by atomic mass is 9.90. The van der Waals surface area contributed by atoms with Crippen LogP contribution in [0.2, 0.25) is 0 Å². The second-order valence-corrected chi connectivity index (χ2v) is 6.20. The number of hydrogen-bond acceptors (Lipinski definition) is 3. The van der Waals surface area contributed by atoms with Gasteiger partial charge in [-0.05, 0) is 61.9 Å². The van der Waals surface area contributed by atoms with E-state index in [9.17, 15) is 0 Å². The highest BCUT2D eigenvalue weighted by atomic mass is 79.9. The fraction of sp³-hybridized carbons (Fsp3) is 0.733. The summed E-state index contributed by atoms with van der Waals surface area (Å²) < 4.78 is 6.76. The van der Waals surface area contributed by atoms with Crippen LogP contribution in [-0.2, 0) is 0 Å². The van der Waals surface area contributed by atoms with Crippen LogP contribution in [-0.4, -0.2) is 30.1 Å². The first-order valence-electron chi connectivity index (χ1n) is 7.20. The monoisotopic (exact) mass is 330 g/mol. The molecule has 110 valence electrons. The lowest BCUT2D eigenvalue weighted by Gasteiger charge is -2.43. The van der Waals surface area contributed by atoms with Gasteiger partial charge in [0, 0.05) is 5.54 Å². The number of furan rings is 1. The molecule has 0 fully saturated rings. The molecule has 19 heavy (non-hydrogen) atoms. The molecule has 0 aliphatic rings. The average Bonchev–Trinajstić information content (AvgIpc) is 2.77. The maximum atomic E-state index is 5.71. The number of hydrogen-bond donors (Lipinski definition) is 1. The van der Waals surface area contributed by atoms with E-state index in [1.54, 1.807) is 6.26 Å². The number of likely N-dealkylation sites (N-methyl/N-ethyl adjacent to an activating group) is 1. The van der Waals surface area contributed by atoms with Crippen molar-refractivity contribution in [1.82, 2.24) is 10.2 Å². The molecular weight excluding hydrogens is 304 g/mol. The predicted octanol–water partition coefficient (Wildman–Crippen LogP) is 4.20. The van der Waals surface area contributed by atoms with Crippen LogP contribution in [0.15, 0.2) is 21.2 Å². The van der Waals surface area contributed by atoms with Crippen LogP contribution in [0.25, 0.3) is 0 Å². The molecule has 1 atom stereocenters. The normalized spacial score (nSPS) is 14.1. The van der Waals surface area contributed by atoms with Gasteiger partial charge in [-0.1, -0.05) is 20.8 Å². The van der Waals surface area contributed by atoms with Gasteiger partial charge in [0.2, 0.25) is 0 Å². The molecule has 0 bridgehead atoms. The third kappa shape index (κ3) is 3.83. The molecular formula is C15H27BrN2O. The smallest absolute Gasteiger partial charge is 0.136 e. The van der Waals surface area contributed by atoms with Crippen LogP contribution in [0.4, 0.5) is 0 Å². The van der Waals surface area contributed by atoms with Gasteiger partial charge in [-0.15, -0.1) is 0 Å². The minimum absolute atomic E-state index is 0.000949. The minimum atomic E-state index is -0.000949. The number of halogens is 1. The van der Waals surface area contributed by atoms with E-state index in [1.807, 2.05) is 6.07 Å². The molecule has 1 aromatic rings. The van der Waals surface area contributed by atoms with Crippen LogP contribution in [0.1, 0.15) is 52.8 Å². The van der Waals surface area contributed by atoms with Crippen molar-refractivity contribution in [3.63, 3.8) is 0 Å². The van der Waals surface area contributed by atoms with E-state index in [1.165, 1.54) is 0 Å². The molecule has 1 rings (SSSR count). The molecule has 0 radical (unpaired) electrons. The topological polar surface area (TPSA) is 28.4 Å². The molecule has 3 nitrogen and oxygen atoms in total. The summed E-state index contributed by atoms with van der Waals surface area (Å²) in [5.74, 6) is 0.991. The van der Waals surface area contributed by atoms with Gasteiger partial charge >= 0.3 is 0 Å². The Morgan fingerprint density at radius 1 is 1.32 bits per heavy atom. The van der Waals surface area contributed by atoms with Gasteiger partial charge in [0.05, 0.1) is 16.8 Å². The van der Waals surface area contributed by atoms with Crippen molar-refractivity contribution >= 4 is 15.9 Å². The molecule has 0 aromatic carbocycles. The number of nitrogens with zero attached hydrogens (tertiary/aromatic N) is 1. The Kier molecular flexibility index (Phi) is 6.57. The molecule has 1 aromatic heterocycles. The van der Waals surface area contributed by atoms with Crippen molar-refractivity contribution in [3.05, 3.63) is 22.6 Å². The van der Waals surface area contributed by atoms with E-state index >= 15 is 0 Å². The summed E-state index contributed by atoms with van der Waals surface area (Å²) in [7, 11) is 0. The summed E-state index contributed by atoms with van der Waals surface area (Å²) >= 11 is 3.59. The second-order valence-electron chi connectivity index (χ2n) is 5.35. The Morgan fingerprint density at radius 3 is 2.37 bits per heavy atom. The summed E-state index contributed by atoms with van der Waals surface area (Å²) in [6.07, 6.45) is 2.86. The summed E-state index contributed by atoms with van der Waals surface area (Å²) in [5, 5.41) is 3.64. The first kappa shape index (κ1) is 16.7. The Labute approximate surface area is 125 Å². The van der Waals surface area contributed by atoms with E-state index in [0.29, 0.717) is 0 Å². The molecule has 4 heteroatoms. The van der Waals surface area contributed by atoms with Gasteiger partial charge in [-0.2, -0.15) is 0 Å². The fourth-order valence-corrected chi connectivity index (χ4v) is 3.11. The summed E-state index contributed by atoms with van der Waals surface area (Å²) in [5.41, 5.74) is -0.000949. The molecule has 0 aliphatic carbocycles. The number of rotatable bonds is 8. The van der Waals surface area contributed by atoms with Gasteiger partial charge in [0.15, 0.2) is 0 Å². The molecule has 1 N–H and O–H groups in total. The largest absolute Gasteiger partial charge is 0.466 e. The first-order valence-corrected chi connectivity index (χ1v) is 7.99. The molecule has 0 saturated heterocycles. The Bertz CT molecular complexity index is 372. The van der Waals surface area contributed by atoms with E-state index in [-0.39, 0.29) is 11.6 Å². The van der Waals surface area contributed by atoms with E-state index in [2.05, 4.69) is 60.8 Å². The molecule has 0 amide bonds. The zero-order valence-electron chi connectivity index (χ0n) is 12.8. The van der Waals surface area contributed by atoms with Crippen LogP contribution in [0.5, 0.6) is 0 Å². The first-order chi connectivity index (χ1) is 8.98. The standard InChI is InChI=1S/C15H27BrN2O/c1-6-10-17-14(13-12(16)9-11-19-13)15(4,5)18(7-2)8-3/h9,11,14,17H,6-8,10H2,1-5H3. The molecule has 0 saturated carbocycles. The van der Waals surface area contributed by atoms with Gasteiger partial charge in [0.25, 0.3) is 0 Å².